The molecule has 0 radical (unpaired) electrons. The first-order valence-electron chi connectivity index (χ1n) is 4.69. The molecule has 0 aliphatic rings. The van der Waals surface area contributed by atoms with E-state index in [-0.39, 0.29) is 0 Å². The molecule has 0 atom stereocenters. The first-order chi connectivity index (χ1) is 7.77. The fraction of sp³-hybridized carbons (Fsp3) is 0. The van der Waals surface area contributed by atoms with Gasteiger partial charge in [0.25, 0.3) is 0 Å². The average molecular weight is 229 g/mol. The Morgan fingerprint density at radius 1 is 1.38 bits per heavy atom. The van der Waals surface area contributed by atoms with Crippen LogP contribution in [-0.4, -0.2) is 15.3 Å². The quantitative estimate of drug-likeness (QED) is 0.693. The molecule has 2 heterocycles. The molecule has 0 fully saturated rings. The lowest BCUT2D eigenvalue weighted by atomic mass is 10.1. The third kappa shape index (κ3) is 1.18. The van der Waals surface area contributed by atoms with Crippen LogP contribution in [0.15, 0.2) is 30.6 Å². The van der Waals surface area contributed by atoms with Crippen molar-refractivity contribution in [1.82, 2.24) is 9.36 Å². The molecular formula is C11H7N3OS. The maximum Gasteiger partial charge on any atom is 0.249 e. The molecule has 2 aromatic heterocycles. The summed E-state index contributed by atoms with van der Waals surface area (Å²) in [4.78, 5) is 15.6. The topological polar surface area (TPSA) is 68.9 Å². The van der Waals surface area contributed by atoms with Crippen LogP contribution in [0.25, 0.3) is 21.0 Å². The van der Waals surface area contributed by atoms with E-state index in [0.29, 0.717) is 5.56 Å². The van der Waals surface area contributed by atoms with E-state index in [1.807, 2.05) is 12.1 Å². The number of hydrogen-bond donors (Lipinski definition) is 1. The van der Waals surface area contributed by atoms with Crippen molar-refractivity contribution in [2.45, 2.75) is 0 Å². The number of carbonyl (C=O) groups excluding carboxylic acids is 1. The van der Waals surface area contributed by atoms with E-state index in [1.54, 1.807) is 18.5 Å². The van der Waals surface area contributed by atoms with Crippen molar-refractivity contribution in [2.24, 2.45) is 5.73 Å². The van der Waals surface area contributed by atoms with Crippen LogP contribution >= 0.6 is 11.5 Å². The molecular weight excluding hydrogens is 222 g/mol. The second-order valence-corrected chi connectivity index (χ2v) is 4.23. The van der Waals surface area contributed by atoms with Crippen LogP contribution in [0, 0.1) is 0 Å². The van der Waals surface area contributed by atoms with Gasteiger partial charge in [-0.3, -0.25) is 9.78 Å². The van der Waals surface area contributed by atoms with Crippen molar-refractivity contribution in [3.8, 4) is 0 Å². The van der Waals surface area contributed by atoms with Crippen LogP contribution < -0.4 is 5.73 Å². The van der Waals surface area contributed by atoms with Crippen molar-refractivity contribution >= 4 is 38.4 Å². The number of primary amides is 1. The number of pyridine rings is 1. The SMILES string of the molecule is NC(=O)c1cc2ncccc2c2sncc12. The lowest BCUT2D eigenvalue weighted by molar-refractivity contribution is 0.100. The summed E-state index contributed by atoms with van der Waals surface area (Å²) in [5.41, 5.74) is 6.59. The third-order valence-electron chi connectivity index (χ3n) is 2.49. The Labute approximate surface area is 94.9 Å². The number of nitrogens with zero attached hydrogens (tertiary/aromatic N) is 2. The summed E-state index contributed by atoms with van der Waals surface area (Å²) < 4.78 is 5.06. The molecule has 2 N–H and O–H groups in total. The fourth-order valence-electron chi connectivity index (χ4n) is 1.77. The highest BCUT2D eigenvalue weighted by Gasteiger charge is 2.12. The van der Waals surface area contributed by atoms with Gasteiger partial charge in [0.2, 0.25) is 5.91 Å². The smallest absolute Gasteiger partial charge is 0.249 e. The predicted octanol–water partition coefficient (Wildman–Crippen LogP) is 1.94. The lowest BCUT2D eigenvalue weighted by Gasteiger charge is -2.01. The Balaban J connectivity index is 2.58. The highest BCUT2D eigenvalue weighted by atomic mass is 32.1. The van der Waals surface area contributed by atoms with Crippen LogP contribution in [0.4, 0.5) is 0 Å². The van der Waals surface area contributed by atoms with Gasteiger partial charge in [-0.25, -0.2) is 0 Å². The van der Waals surface area contributed by atoms with Crippen LogP contribution in [0.5, 0.6) is 0 Å². The lowest BCUT2D eigenvalue weighted by Crippen LogP contribution is -2.11. The van der Waals surface area contributed by atoms with E-state index in [4.69, 9.17) is 5.73 Å². The summed E-state index contributed by atoms with van der Waals surface area (Å²) in [6.45, 7) is 0. The number of rotatable bonds is 1. The van der Waals surface area contributed by atoms with E-state index < -0.39 is 5.91 Å². The minimum absolute atomic E-state index is 0.447. The summed E-state index contributed by atoms with van der Waals surface area (Å²) in [5.74, 6) is -0.447. The molecule has 0 saturated heterocycles. The molecule has 4 nitrogen and oxygen atoms in total. The molecule has 78 valence electrons. The van der Waals surface area contributed by atoms with Crippen molar-refractivity contribution in [1.29, 1.82) is 0 Å². The van der Waals surface area contributed by atoms with E-state index in [9.17, 15) is 4.79 Å². The van der Waals surface area contributed by atoms with E-state index in [1.165, 1.54) is 11.5 Å². The Morgan fingerprint density at radius 3 is 3.06 bits per heavy atom. The molecule has 5 heteroatoms. The van der Waals surface area contributed by atoms with Crippen molar-refractivity contribution in [2.75, 3.05) is 0 Å². The Morgan fingerprint density at radius 2 is 2.25 bits per heavy atom. The zero-order chi connectivity index (χ0) is 11.1. The molecule has 16 heavy (non-hydrogen) atoms. The van der Waals surface area contributed by atoms with Gasteiger partial charge in [-0.05, 0) is 29.7 Å². The first kappa shape index (κ1) is 9.23. The van der Waals surface area contributed by atoms with Crippen molar-refractivity contribution < 1.29 is 4.79 Å². The van der Waals surface area contributed by atoms with Crippen LogP contribution in [0.3, 0.4) is 0 Å². The minimum Gasteiger partial charge on any atom is -0.366 e. The summed E-state index contributed by atoms with van der Waals surface area (Å²) >= 11 is 1.35. The number of benzene rings is 1. The predicted molar refractivity (Wildman–Crippen MR) is 63.4 cm³/mol. The summed E-state index contributed by atoms with van der Waals surface area (Å²) in [7, 11) is 0. The Bertz CT molecular complexity index is 705. The highest BCUT2D eigenvalue weighted by molar-refractivity contribution is 7.14. The van der Waals surface area contributed by atoms with Gasteiger partial charge in [0.05, 0.1) is 15.8 Å². The third-order valence-corrected chi connectivity index (χ3v) is 3.32. The number of nitrogens with two attached hydrogens (primary N) is 1. The molecule has 3 rings (SSSR count). The van der Waals surface area contributed by atoms with Gasteiger partial charge in [-0.2, -0.15) is 4.37 Å². The fourth-order valence-corrected chi connectivity index (χ4v) is 2.56. The molecule has 0 unspecified atom stereocenters. The molecule has 0 spiro atoms. The number of amides is 1. The van der Waals surface area contributed by atoms with Crippen molar-refractivity contribution in [3.63, 3.8) is 0 Å². The summed E-state index contributed by atoms with van der Waals surface area (Å²) in [6, 6.07) is 5.55. The summed E-state index contributed by atoms with van der Waals surface area (Å²) in [5, 5.41) is 1.81. The number of carbonyl (C=O) groups is 1. The normalized spacial score (nSPS) is 11.0. The van der Waals surface area contributed by atoms with Gasteiger partial charge in [-0.15, -0.1) is 0 Å². The van der Waals surface area contributed by atoms with Crippen LogP contribution in [0.2, 0.25) is 0 Å². The van der Waals surface area contributed by atoms with E-state index in [0.717, 1.165) is 21.0 Å². The maximum absolute atomic E-state index is 11.3. The maximum atomic E-state index is 11.3. The zero-order valence-electron chi connectivity index (χ0n) is 8.18. The standard InChI is InChI=1S/C11H7N3OS/c12-11(15)7-4-9-6(2-1-3-13-9)10-8(7)5-14-16-10/h1-5H,(H2,12,15). The number of fused-ring (bicyclic) bond motifs is 3. The molecule has 0 saturated carbocycles. The minimum atomic E-state index is -0.447. The summed E-state index contributed by atoms with van der Waals surface area (Å²) in [6.07, 6.45) is 3.37. The first-order valence-corrected chi connectivity index (χ1v) is 5.46. The van der Waals surface area contributed by atoms with E-state index in [2.05, 4.69) is 9.36 Å². The molecule has 1 amide bonds. The van der Waals surface area contributed by atoms with E-state index >= 15 is 0 Å². The Hall–Kier alpha value is -2.01. The monoisotopic (exact) mass is 229 g/mol. The van der Waals surface area contributed by atoms with Gasteiger partial charge in [-0.1, -0.05) is 0 Å². The zero-order valence-corrected chi connectivity index (χ0v) is 8.99. The largest absolute Gasteiger partial charge is 0.366 e. The molecule has 0 aliphatic heterocycles. The van der Waals surface area contributed by atoms with Crippen molar-refractivity contribution in [3.05, 3.63) is 36.2 Å². The Kier molecular flexibility index (Phi) is 1.87. The molecule has 1 aromatic carbocycles. The van der Waals surface area contributed by atoms with Gasteiger partial charge in [0.15, 0.2) is 0 Å². The number of aromatic nitrogens is 2. The molecule has 0 bridgehead atoms. The van der Waals surface area contributed by atoms with Gasteiger partial charge in [0.1, 0.15) is 0 Å². The molecule has 0 aliphatic carbocycles. The van der Waals surface area contributed by atoms with Crippen LogP contribution in [-0.2, 0) is 0 Å². The molecule has 3 aromatic rings. The second-order valence-electron chi connectivity index (χ2n) is 3.43. The second kappa shape index (κ2) is 3.24. The van der Waals surface area contributed by atoms with Gasteiger partial charge < -0.3 is 5.73 Å². The highest BCUT2D eigenvalue weighted by Crippen LogP contribution is 2.29. The number of hydrogen-bond acceptors (Lipinski definition) is 4. The van der Waals surface area contributed by atoms with Gasteiger partial charge in [0, 0.05) is 23.2 Å². The average Bonchev–Trinajstić information content (AvgIpc) is 2.76. The van der Waals surface area contributed by atoms with Crippen LogP contribution in [0.1, 0.15) is 10.4 Å². The van der Waals surface area contributed by atoms with Gasteiger partial charge >= 0.3 is 0 Å².